The highest BCUT2D eigenvalue weighted by molar-refractivity contribution is 5.85. The second kappa shape index (κ2) is 11.0. The number of nitrogens with zero attached hydrogens (tertiary/aromatic N) is 1. The third kappa shape index (κ3) is 6.48. The molecule has 6 nitrogen and oxygen atoms in total. The summed E-state index contributed by atoms with van der Waals surface area (Å²) in [6.07, 6.45) is 5.11. The van der Waals surface area contributed by atoms with Gasteiger partial charge in [-0.1, -0.05) is 49.6 Å². The molecule has 3 rings (SSSR count). The minimum Gasteiger partial charge on any atom is -0.489 e. The molecule has 28 heavy (non-hydrogen) atoms. The lowest BCUT2D eigenvalue weighted by atomic mass is 9.95. The lowest BCUT2D eigenvalue weighted by Crippen LogP contribution is -2.34. The number of nitrogens with one attached hydrogen (secondary N) is 1. The van der Waals surface area contributed by atoms with Crippen LogP contribution in [0.4, 0.5) is 5.69 Å². The fourth-order valence-electron chi connectivity index (χ4n) is 3.43. The first-order chi connectivity index (χ1) is 13.1. The summed E-state index contributed by atoms with van der Waals surface area (Å²) in [5.74, 6) is 0.389. The normalized spacial score (nSPS) is 15.5. The molecule has 2 aromatic rings. The van der Waals surface area contributed by atoms with E-state index in [2.05, 4.69) is 5.32 Å². The van der Waals surface area contributed by atoms with E-state index in [1.54, 1.807) is 6.07 Å². The van der Waals surface area contributed by atoms with Gasteiger partial charge in [-0.15, -0.1) is 12.4 Å². The zero-order chi connectivity index (χ0) is 19.1. The molecule has 0 aliphatic heterocycles. The van der Waals surface area contributed by atoms with Crippen LogP contribution in [-0.4, -0.2) is 22.6 Å². The molecule has 1 atom stereocenters. The Kier molecular flexibility index (Phi) is 8.70. The van der Waals surface area contributed by atoms with Crippen molar-refractivity contribution in [2.24, 2.45) is 0 Å². The van der Waals surface area contributed by atoms with Gasteiger partial charge in [-0.3, -0.25) is 10.1 Å². The summed E-state index contributed by atoms with van der Waals surface area (Å²) >= 11 is 0. The molecule has 7 heteroatoms. The maximum Gasteiger partial charge on any atom is 0.273 e. The molecule has 0 bridgehead atoms. The van der Waals surface area contributed by atoms with Gasteiger partial charge >= 0.3 is 0 Å². The Morgan fingerprint density at radius 2 is 1.86 bits per heavy atom. The molecule has 1 unspecified atom stereocenters. The highest BCUT2D eigenvalue weighted by Crippen LogP contribution is 2.27. The van der Waals surface area contributed by atoms with Crippen LogP contribution in [0.2, 0.25) is 0 Å². The molecular weight excluding hydrogens is 380 g/mol. The second-order valence-electron chi connectivity index (χ2n) is 7.05. The average Bonchev–Trinajstić information content (AvgIpc) is 2.71. The van der Waals surface area contributed by atoms with E-state index in [0.717, 1.165) is 18.4 Å². The first-order valence-corrected chi connectivity index (χ1v) is 9.49. The van der Waals surface area contributed by atoms with Crippen LogP contribution >= 0.6 is 12.4 Å². The number of nitro benzene ring substituents is 1. The van der Waals surface area contributed by atoms with E-state index in [9.17, 15) is 15.2 Å². The topological polar surface area (TPSA) is 84.6 Å². The van der Waals surface area contributed by atoms with Crippen LogP contribution in [0, 0.1) is 10.1 Å². The van der Waals surface area contributed by atoms with Crippen molar-refractivity contribution in [2.45, 2.75) is 50.9 Å². The van der Waals surface area contributed by atoms with Crippen LogP contribution in [-0.2, 0) is 6.61 Å². The summed E-state index contributed by atoms with van der Waals surface area (Å²) in [6.45, 7) is 0.696. The molecule has 1 fully saturated rings. The van der Waals surface area contributed by atoms with Crippen LogP contribution < -0.4 is 10.1 Å². The predicted molar refractivity (Wildman–Crippen MR) is 111 cm³/mol. The zero-order valence-corrected chi connectivity index (χ0v) is 16.6. The van der Waals surface area contributed by atoms with Crippen LogP contribution in [0.5, 0.6) is 5.75 Å². The van der Waals surface area contributed by atoms with Gasteiger partial charge in [0.1, 0.15) is 12.4 Å². The minimum absolute atomic E-state index is 0. The first kappa shape index (κ1) is 22.1. The summed E-state index contributed by atoms with van der Waals surface area (Å²) < 4.78 is 5.73. The molecular formula is C21H27ClN2O4. The number of hydrogen-bond donors (Lipinski definition) is 2. The number of ether oxygens (including phenoxy) is 1. The van der Waals surface area contributed by atoms with E-state index in [1.165, 1.54) is 31.4 Å². The number of aliphatic hydroxyl groups excluding tert-OH is 1. The summed E-state index contributed by atoms with van der Waals surface area (Å²) in [5.41, 5.74) is 1.40. The molecule has 0 aromatic heterocycles. The highest BCUT2D eigenvalue weighted by Gasteiger charge is 2.18. The summed E-state index contributed by atoms with van der Waals surface area (Å²) in [4.78, 5) is 10.8. The van der Waals surface area contributed by atoms with E-state index in [-0.39, 0.29) is 18.1 Å². The molecule has 1 saturated carbocycles. The fraction of sp³-hybridized carbons (Fsp3) is 0.429. The Morgan fingerprint density at radius 1 is 1.14 bits per heavy atom. The molecule has 1 aliphatic carbocycles. The fourth-order valence-corrected chi connectivity index (χ4v) is 3.43. The van der Waals surface area contributed by atoms with Crippen molar-refractivity contribution in [1.82, 2.24) is 5.32 Å². The molecule has 0 spiro atoms. The predicted octanol–water partition coefficient (Wildman–Crippen LogP) is 4.55. The smallest absolute Gasteiger partial charge is 0.273 e. The van der Waals surface area contributed by atoms with Crippen LogP contribution in [0.3, 0.4) is 0 Å². The van der Waals surface area contributed by atoms with Crippen molar-refractivity contribution in [3.8, 4) is 5.75 Å². The maximum absolute atomic E-state index is 11.3. The number of nitro groups is 1. The van der Waals surface area contributed by atoms with E-state index >= 15 is 0 Å². The van der Waals surface area contributed by atoms with Gasteiger partial charge in [0.15, 0.2) is 0 Å². The van der Waals surface area contributed by atoms with Gasteiger partial charge < -0.3 is 15.2 Å². The standard InChI is InChI=1S/C21H26N2O4.ClH/c24-21(14-22-18-9-5-2-6-10-18)17-11-19(23(25)26)13-20(12-17)27-15-16-7-3-1-4-8-16;/h1,3-4,7-8,11-13,18,21-22,24H,2,5-6,9-10,14-15H2;1H. The lowest BCUT2D eigenvalue weighted by molar-refractivity contribution is -0.385. The Morgan fingerprint density at radius 3 is 2.54 bits per heavy atom. The van der Waals surface area contributed by atoms with E-state index in [1.807, 2.05) is 30.3 Å². The second-order valence-corrected chi connectivity index (χ2v) is 7.05. The van der Waals surface area contributed by atoms with Crippen molar-refractivity contribution >= 4 is 18.1 Å². The van der Waals surface area contributed by atoms with Gasteiger partial charge in [-0.2, -0.15) is 0 Å². The number of hydrogen-bond acceptors (Lipinski definition) is 5. The van der Waals surface area contributed by atoms with Crippen LogP contribution in [0.1, 0.15) is 49.3 Å². The van der Waals surface area contributed by atoms with Crippen molar-refractivity contribution < 1.29 is 14.8 Å². The van der Waals surface area contributed by atoms with Gasteiger partial charge in [0.25, 0.3) is 5.69 Å². The molecule has 1 aliphatic rings. The van der Waals surface area contributed by atoms with Gasteiger partial charge in [-0.25, -0.2) is 0 Å². The van der Waals surface area contributed by atoms with E-state index in [4.69, 9.17) is 4.74 Å². The lowest BCUT2D eigenvalue weighted by Gasteiger charge is -2.24. The van der Waals surface area contributed by atoms with Gasteiger partial charge in [-0.05, 0) is 30.0 Å². The maximum atomic E-state index is 11.3. The summed E-state index contributed by atoms with van der Waals surface area (Å²) in [5, 5.41) is 25.2. The molecule has 0 saturated heterocycles. The number of rotatable bonds is 8. The van der Waals surface area contributed by atoms with E-state index in [0.29, 0.717) is 30.5 Å². The average molecular weight is 407 g/mol. The molecule has 0 heterocycles. The Balaban J connectivity index is 0.00000280. The van der Waals surface area contributed by atoms with Crippen molar-refractivity contribution in [3.63, 3.8) is 0 Å². The molecule has 0 amide bonds. The monoisotopic (exact) mass is 406 g/mol. The van der Waals surface area contributed by atoms with Gasteiger partial charge in [0, 0.05) is 18.7 Å². The molecule has 2 N–H and O–H groups in total. The number of benzene rings is 2. The zero-order valence-electron chi connectivity index (χ0n) is 15.8. The molecule has 2 aromatic carbocycles. The summed E-state index contributed by atoms with van der Waals surface area (Å²) in [7, 11) is 0. The Hall–Kier alpha value is -2.15. The quantitative estimate of drug-likeness (QED) is 0.496. The first-order valence-electron chi connectivity index (χ1n) is 9.49. The van der Waals surface area contributed by atoms with Gasteiger partial charge in [0.05, 0.1) is 17.1 Å². The minimum atomic E-state index is -0.814. The van der Waals surface area contributed by atoms with Crippen molar-refractivity contribution in [1.29, 1.82) is 0 Å². The Bertz CT molecular complexity index is 751. The van der Waals surface area contributed by atoms with Crippen LogP contribution in [0.25, 0.3) is 0 Å². The van der Waals surface area contributed by atoms with Crippen molar-refractivity contribution in [2.75, 3.05) is 6.54 Å². The third-order valence-electron chi connectivity index (χ3n) is 4.96. The van der Waals surface area contributed by atoms with Crippen LogP contribution in [0.15, 0.2) is 48.5 Å². The number of aliphatic hydroxyl groups is 1. The third-order valence-corrected chi connectivity index (χ3v) is 4.96. The molecule has 0 radical (unpaired) electrons. The number of non-ortho nitro benzene ring substituents is 1. The SMILES string of the molecule is Cl.O=[N+]([O-])c1cc(OCc2ccccc2)cc(C(O)CNC2CCCCC2)c1. The molecule has 152 valence electrons. The Labute approximate surface area is 171 Å². The van der Waals surface area contributed by atoms with E-state index < -0.39 is 11.0 Å². The number of halogens is 1. The highest BCUT2D eigenvalue weighted by atomic mass is 35.5. The summed E-state index contributed by atoms with van der Waals surface area (Å²) in [6, 6.07) is 14.5. The van der Waals surface area contributed by atoms with Gasteiger partial charge in [0.2, 0.25) is 0 Å². The van der Waals surface area contributed by atoms with Crippen molar-refractivity contribution in [3.05, 3.63) is 69.8 Å². The largest absolute Gasteiger partial charge is 0.489 e.